The van der Waals surface area contributed by atoms with Crippen molar-refractivity contribution in [1.82, 2.24) is 10.1 Å². The van der Waals surface area contributed by atoms with Gasteiger partial charge in [0.1, 0.15) is 0 Å². The van der Waals surface area contributed by atoms with Gasteiger partial charge in [0.05, 0.1) is 10.5 Å². The third kappa shape index (κ3) is 3.78. The van der Waals surface area contributed by atoms with E-state index in [2.05, 4.69) is 10.1 Å². The number of hydrogen-bond donors (Lipinski definition) is 0. The summed E-state index contributed by atoms with van der Waals surface area (Å²) in [6.07, 6.45) is 0. The van der Waals surface area contributed by atoms with Gasteiger partial charge in [-0.3, -0.25) is 0 Å². The Balaban J connectivity index is 1.64. The van der Waals surface area contributed by atoms with Gasteiger partial charge in [0, 0.05) is 10.9 Å². The van der Waals surface area contributed by atoms with Crippen molar-refractivity contribution in [3.05, 3.63) is 52.5 Å². The van der Waals surface area contributed by atoms with E-state index in [1.807, 2.05) is 10.8 Å². The van der Waals surface area contributed by atoms with E-state index in [1.165, 1.54) is 11.3 Å². The largest absolute Gasteiger partial charge is 0.452 e. The lowest BCUT2D eigenvalue weighted by molar-refractivity contribution is 0.0429. The number of rotatable bonds is 6. The number of hydrogen-bond acceptors (Lipinski definition) is 8. The number of thiophene rings is 1. The van der Waals surface area contributed by atoms with Crippen LogP contribution < -0.4 is 0 Å². The van der Waals surface area contributed by atoms with E-state index >= 15 is 0 Å². The third-order valence-corrected chi connectivity index (χ3v) is 5.31. The molecule has 0 atom stereocenters. The number of ether oxygens (including phenoxy) is 1. The van der Waals surface area contributed by atoms with Crippen LogP contribution in [0.15, 0.2) is 50.5 Å². The molecule has 0 radical (unpaired) electrons. The highest BCUT2D eigenvalue weighted by Gasteiger charge is 2.26. The molecule has 0 saturated heterocycles. The highest BCUT2D eigenvalue weighted by atomic mass is 32.2. The molecule has 0 aliphatic carbocycles. The molecule has 0 amide bonds. The Kier molecular flexibility index (Phi) is 5.09. The number of esters is 1. The summed E-state index contributed by atoms with van der Waals surface area (Å²) in [6, 6.07) is 5.81. The molecule has 0 bridgehead atoms. The van der Waals surface area contributed by atoms with E-state index in [1.54, 1.807) is 6.07 Å². The van der Waals surface area contributed by atoms with E-state index in [0.717, 1.165) is 29.8 Å². The average Bonchev–Trinajstić information content (AvgIpc) is 3.31. The van der Waals surface area contributed by atoms with E-state index in [0.29, 0.717) is 5.82 Å². The molecule has 0 unspecified atom stereocenters. The highest BCUT2D eigenvalue weighted by molar-refractivity contribution is 7.91. The molecule has 0 N–H and O–H groups in total. The van der Waals surface area contributed by atoms with Crippen molar-refractivity contribution in [2.45, 2.75) is 17.3 Å². The van der Waals surface area contributed by atoms with Gasteiger partial charge in [-0.2, -0.15) is 25.1 Å². The first-order chi connectivity index (χ1) is 12.4. The van der Waals surface area contributed by atoms with Crippen LogP contribution in [0.25, 0.3) is 11.4 Å². The zero-order chi connectivity index (χ0) is 18.7. The predicted molar refractivity (Wildman–Crippen MR) is 86.4 cm³/mol. The second kappa shape index (κ2) is 7.30. The summed E-state index contributed by atoms with van der Waals surface area (Å²) in [6.45, 7) is -0.285. The summed E-state index contributed by atoms with van der Waals surface area (Å²) in [5.74, 6) is -3.88. The Morgan fingerprint density at radius 1 is 1.23 bits per heavy atom. The highest BCUT2D eigenvalue weighted by Crippen LogP contribution is 2.20. The molecule has 1 aromatic carbocycles. The smallest absolute Gasteiger partial charge is 0.341 e. The van der Waals surface area contributed by atoms with Gasteiger partial charge in [-0.1, -0.05) is 5.16 Å². The van der Waals surface area contributed by atoms with Crippen molar-refractivity contribution >= 4 is 27.1 Å². The van der Waals surface area contributed by atoms with Crippen molar-refractivity contribution in [2.24, 2.45) is 0 Å². The summed E-state index contributed by atoms with van der Waals surface area (Å²) in [4.78, 5) is 15.4. The van der Waals surface area contributed by atoms with Gasteiger partial charge in [0.25, 0.3) is 5.89 Å². The van der Waals surface area contributed by atoms with Crippen molar-refractivity contribution in [3.8, 4) is 11.4 Å². The van der Waals surface area contributed by atoms with Crippen LogP contribution in [-0.2, 0) is 21.2 Å². The molecule has 0 fully saturated rings. The summed E-state index contributed by atoms with van der Waals surface area (Å²) >= 11 is 1.47. The lowest BCUT2D eigenvalue weighted by Gasteiger charge is -2.05. The maximum Gasteiger partial charge on any atom is 0.341 e. The maximum absolute atomic E-state index is 12.5. The Hall–Kier alpha value is -2.66. The fourth-order valence-corrected chi connectivity index (χ4v) is 3.27. The number of carbonyl (C=O) groups excluding carboxylic acids is 1. The summed E-state index contributed by atoms with van der Waals surface area (Å²) in [7, 11) is -4.71. The van der Waals surface area contributed by atoms with Gasteiger partial charge in [0.15, 0.2) is 6.61 Å². The molecule has 0 aliphatic rings. The molecular weight excluding hydrogens is 390 g/mol. The number of alkyl halides is 2. The zero-order valence-electron chi connectivity index (χ0n) is 12.8. The van der Waals surface area contributed by atoms with Crippen LogP contribution in [0.3, 0.4) is 0 Å². The van der Waals surface area contributed by atoms with Crippen LogP contribution in [0.5, 0.6) is 0 Å². The minimum Gasteiger partial charge on any atom is -0.452 e. The van der Waals surface area contributed by atoms with Crippen LogP contribution in [0.1, 0.15) is 16.2 Å². The van der Waals surface area contributed by atoms with E-state index in [4.69, 9.17) is 9.26 Å². The molecule has 7 nitrogen and oxygen atoms in total. The zero-order valence-corrected chi connectivity index (χ0v) is 14.5. The van der Waals surface area contributed by atoms with Crippen LogP contribution >= 0.6 is 11.3 Å². The summed E-state index contributed by atoms with van der Waals surface area (Å²) < 4.78 is 57.6. The van der Waals surface area contributed by atoms with Crippen molar-refractivity contribution in [3.63, 3.8) is 0 Å². The number of nitrogens with zero attached hydrogens (tertiary/aromatic N) is 2. The van der Waals surface area contributed by atoms with Crippen molar-refractivity contribution in [2.75, 3.05) is 0 Å². The van der Waals surface area contributed by atoms with E-state index < -0.39 is 26.5 Å². The molecule has 11 heteroatoms. The third-order valence-electron chi connectivity index (χ3n) is 3.23. The monoisotopic (exact) mass is 400 g/mol. The Morgan fingerprint density at radius 3 is 2.58 bits per heavy atom. The molecule has 136 valence electrons. The second-order valence-corrected chi connectivity index (χ2v) is 7.63. The van der Waals surface area contributed by atoms with Gasteiger partial charge < -0.3 is 9.26 Å². The quantitative estimate of drug-likeness (QED) is 0.586. The first kappa shape index (κ1) is 18.1. The lowest BCUT2D eigenvalue weighted by atomic mass is 10.2. The van der Waals surface area contributed by atoms with Crippen LogP contribution in [0, 0.1) is 0 Å². The average molecular weight is 400 g/mol. The summed E-state index contributed by atoms with van der Waals surface area (Å²) in [5.41, 5.74) is 0.767. The van der Waals surface area contributed by atoms with E-state index in [-0.39, 0.29) is 18.1 Å². The molecule has 0 saturated carbocycles. The Labute approximate surface area is 150 Å². The first-order valence-electron chi connectivity index (χ1n) is 7.02. The SMILES string of the molecule is O=C(OCc1nc(-c2ccsc2)no1)c1ccc(S(=O)(=O)C(F)F)cc1. The van der Waals surface area contributed by atoms with Crippen molar-refractivity contribution < 1.29 is 31.3 Å². The van der Waals surface area contributed by atoms with Crippen LogP contribution in [0.4, 0.5) is 8.78 Å². The maximum atomic E-state index is 12.5. The molecule has 3 aromatic rings. The Morgan fingerprint density at radius 2 is 1.96 bits per heavy atom. The fraction of sp³-hybridized carbons (Fsp3) is 0.133. The van der Waals surface area contributed by atoms with Gasteiger partial charge in [-0.25, -0.2) is 13.2 Å². The molecule has 0 spiro atoms. The van der Waals surface area contributed by atoms with Crippen LogP contribution in [0.2, 0.25) is 0 Å². The molecule has 26 heavy (non-hydrogen) atoms. The van der Waals surface area contributed by atoms with Crippen LogP contribution in [-0.4, -0.2) is 30.3 Å². The van der Waals surface area contributed by atoms with Gasteiger partial charge >= 0.3 is 11.7 Å². The van der Waals surface area contributed by atoms with E-state index in [9.17, 15) is 22.0 Å². The number of benzene rings is 1. The van der Waals surface area contributed by atoms with Gasteiger partial charge in [-0.05, 0) is 35.7 Å². The molecule has 2 aromatic heterocycles. The number of sulfone groups is 1. The Bertz CT molecular complexity index is 999. The fourth-order valence-electron chi connectivity index (χ4n) is 1.92. The topological polar surface area (TPSA) is 99.4 Å². The van der Waals surface area contributed by atoms with Gasteiger partial charge in [0.2, 0.25) is 15.7 Å². The predicted octanol–water partition coefficient (Wildman–Crippen LogP) is 3.15. The summed E-state index contributed by atoms with van der Waals surface area (Å²) in [5, 5.41) is 7.44. The minimum atomic E-state index is -4.71. The number of halogens is 2. The second-order valence-electron chi connectivity index (χ2n) is 4.93. The first-order valence-corrected chi connectivity index (χ1v) is 9.51. The standard InChI is InChI=1S/C15H10F2N2O5S2/c16-15(17)26(21,22)11-3-1-9(2-4-11)14(20)23-7-12-18-13(19-24-12)10-5-6-25-8-10/h1-6,8,15H,7H2. The molecule has 3 rings (SSSR count). The van der Waals surface area contributed by atoms with Crippen molar-refractivity contribution in [1.29, 1.82) is 0 Å². The lowest BCUT2D eigenvalue weighted by Crippen LogP contribution is -2.12. The molecule has 0 aliphatic heterocycles. The molecule has 2 heterocycles. The molecular formula is C15H10F2N2O5S2. The normalized spacial score (nSPS) is 11.7. The number of aromatic nitrogens is 2. The van der Waals surface area contributed by atoms with Gasteiger partial charge in [-0.15, -0.1) is 0 Å². The number of carbonyl (C=O) groups is 1. The minimum absolute atomic E-state index is 0.00390.